The maximum Gasteiger partial charge on any atom is 0.0887 e. The van der Waals surface area contributed by atoms with Crippen molar-refractivity contribution < 1.29 is 5.17 Å². The highest BCUT2D eigenvalue weighted by Gasteiger charge is 1.90. The summed E-state index contributed by atoms with van der Waals surface area (Å²) in [5.74, 6) is 0. The van der Waals surface area contributed by atoms with Gasteiger partial charge in [-0.3, -0.25) is 5.17 Å². The van der Waals surface area contributed by atoms with Crippen LogP contribution in [0.5, 0.6) is 0 Å². The number of benzene rings is 1. The molecule has 0 aliphatic rings. The van der Waals surface area contributed by atoms with Crippen LogP contribution in [-0.2, 0) is 0 Å². The molecule has 1 unspecified atom stereocenters. The highest BCUT2D eigenvalue weighted by molar-refractivity contribution is 5.41. The fourth-order valence-corrected chi connectivity index (χ4v) is 0.840. The molecule has 60 valence electrons. The Morgan fingerprint density at radius 3 is 2.27 bits per heavy atom. The first-order valence-corrected chi connectivity index (χ1v) is 3.53. The van der Waals surface area contributed by atoms with E-state index in [0.29, 0.717) is 0 Å². The fourth-order valence-electron chi connectivity index (χ4n) is 0.840. The number of nitrogens with one attached hydrogen (secondary N) is 2. The lowest BCUT2D eigenvalue weighted by Crippen LogP contribution is -3.07. The normalized spacial score (nSPS) is 12.6. The van der Waals surface area contributed by atoms with E-state index in [-0.39, 0.29) is 5.17 Å². The molecule has 1 atom stereocenters. The van der Waals surface area contributed by atoms with Crippen molar-refractivity contribution in [1.82, 2.24) is 0 Å². The Kier molecular flexibility index (Phi) is 2.46. The maximum atomic E-state index is 10.6. The van der Waals surface area contributed by atoms with E-state index < -0.39 is 0 Å². The minimum atomic E-state index is -0.0335. The van der Waals surface area contributed by atoms with Gasteiger partial charge < -0.3 is 5.21 Å². The molecule has 11 heavy (non-hydrogen) atoms. The van der Waals surface area contributed by atoms with E-state index >= 15 is 0 Å². The van der Waals surface area contributed by atoms with Gasteiger partial charge >= 0.3 is 0 Å². The first-order chi connectivity index (χ1) is 5.18. The average Bonchev–Trinajstić information content (AvgIpc) is 1.93. The Bertz CT molecular complexity index is 218. The van der Waals surface area contributed by atoms with E-state index in [1.807, 2.05) is 31.2 Å². The third-order valence-electron chi connectivity index (χ3n) is 1.37. The quantitative estimate of drug-likeness (QED) is 0.600. The second kappa shape index (κ2) is 3.37. The maximum absolute atomic E-state index is 10.6. The zero-order chi connectivity index (χ0) is 8.27. The third-order valence-corrected chi connectivity index (χ3v) is 1.37. The molecule has 3 nitrogen and oxygen atoms in total. The molecular weight excluding hydrogens is 140 g/mol. The van der Waals surface area contributed by atoms with Crippen LogP contribution in [0.1, 0.15) is 5.56 Å². The van der Waals surface area contributed by atoms with Crippen LogP contribution >= 0.6 is 0 Å². The SMILES string of the molecule is Cc1ccc(N[NH+](C)[O-])cc1. The Balaban J connectivity index is 2.66. The zero-order valence-corrected chi connectivity index (χ0v) is 6.72. The van der Waals surface area contributed by atoms with E-state index in [0.717, 1.165) is 5.69 Å². The van der Waals surface area contributed by atoms with Crippen molar-refractivity contribution in [3.63, 3.8) is 0 Å². The molecule has 2 N–H and O–H groups in total. The first kappa shape index (κ1) is 8.04. The molecule has 0 aromatic heterocycles. The second-order valence-corrected chi connectivity index (χ2v) is 2.55. The second-order valence-electron chi connectivity index (χ2n) is 2.55. The van der Waals surface area contributed by atoms with Gasteiger partial charge in [-0.15, -0.1) is 0 Å². The molecule has 0 aliphatic heterocycles. The summed E-state index contributed by atoms with van der Waals surface area (Å²) < 4.78 is 0. The van der Waals surface area contributed by atoms with Gasteiger partial charge in [0.25, 0.3) is 0 Å². The number of rotatable bonds is 2. The van der Waals surface area contributed by atoms with Crippen molar-refractivity contribution in [2.45, 2.75) is 6.92 Å². The van der Waals surface area contributed by atoms with Crippen LogP contribution in [0, 0.1) is 12.1 Å². The molecule has 0 radical (unpaired) electrons. The number of aryl methyl sites for hydroxylation is 1. The first-order valence-electron chi connectivity index (χ1n) is 3.53. The number of hydrogen-bond donors (Lipinski definition) is 2. The Morgan fingerprint density at radius 2 is 1.82 bits per heavy atom. The number of hydroxylamine groups is 1. The largest absolute Gasteiger partial charge is 0.608 e. The van der Waals surface area contributed by atoms with E-state index in [4.69, 9.17) is 0 Å². The Labute approximate surface area is 66.2 Å². The summed E-state index contributed by atoms with van der Waals surface area (Å²) in [5.41, 5.74) is 4.74. The predicted octanol–water partition coefficient (Wildman–Crippen LogP) is 0.334. The number of quaternary nitrogens is 1. The monoisotopic (exact) mass is 152 g/mol. The summed E-state index contributed by atoms with van der Waals surface area (Å²) in [6.45, 7) is 2.01. The number of anilines is 1. The molecule has 3 heteroatoms. The molecule has 0 aliphatic carbocycles. The fraction of sp³-hybridized carbons (Fsp3) is 0.250. The molecule has 0 bridgehead atoms. The highest BCUT2D eigenvalue weighted by atomic mass is 16.5. The number of hydrogen-bond acceptors (Lipinski definition) is 2. The smallest absolute Gasteiger partial charge is 0.0887 e. The van der Waals surface area contributed by atoms with Crippen molar-refractivity contribution in [2.75, 3.05) is 12.5 Å². The van der Waals surface area contributed by atoms with Gasteiger partial charge in [0, 0.05) is 0 Å². The van der Waals surface area contributed by atoms with Gasteiger partial charge in [0.1, 0.15) is 0 Å². The van der Waals surface area contributed by atoms with Gasteiger partial charge in [-0.2, -0.15) is 0 Å². The predicted molar refractivity (Wildman–Crippen MR) is 45.1 cm³/mol. The topological polar surface area (TPSA) is 39.5 Å². The summed E-state index contributed by atoms with van der Waals surface area (Å²) in [6.07, 6.45) is 0. The van der Waals surface area contributed by atoms with Crippen molar-refractivity contribution in [1.29, 1.82) is 0 Å². The zero-order valence-electron chi connectivity index (χ0n) is 6.72. The molecule has 0 saturated heterocycles. The minimum absolute atomic E-state index is 0.0335. The molecule has 1 rings (SSSR count). The van der Waals surface area contributed by atoms with Crippen molar-refractivity contribution in [3.8, 4) is 0 Å². The summed E-state index contributed by atoms with van der Waals surface area (Å²) >= 11 is 0. The standard InChI is InChI=1S/C8H12N2O/c1-7-3-5-8(6-4-7)9-10(2)11/h3-6,9-10H,1-2H3. The summed E-state index contributed by atoms with van der Waals surface area (Å²) in [5, 5.41) is 10.6. The molecule has 0 heterocycles. The van der Waals surface area contributed by atoms with E-state index in [1.165, 1.54) is 12.6 Å². The molecule has 1 aromatic rings. The molecule has 0 fully saturated rings. The van der Waals surface area contributed by atoms with Crippen molar-refractivity contribution in [2.24, 2.45) is 0 Å². The lowest BCUT2D eigenvalue weighted by atomic mass is 10.2. The highest BCUT2D eigenvalue weighted by Crippen LogP contribution is 2.05. The van der Waals surface area contributed by atoms with Gasteiger partial charge in [0.15, 0.2) is 0 Å². The van der Waals surface area contributed by atoms with Crippen molar-refractivity contribution >= 4 is 5.69 Å². The minimum Gasteiger partial charge on any atom is -0.608 e. The molecule has 0 saturated carbocycles. The third kappa shape index (κ3) is 2.57. The van der Waals surface area contributed by atoms with Gasteiger partial charge in [-0.05, 0) is 19.1 Å². The summed E-state index contributed by atoms with van der Waals surface area (Å²) in [7, 11) is 1.50. The van der Waals surface area contributed by atoms with Gasteiger partial charge in [-0.25, -0.2) is 5.43 Å². The molecule has 1 aromatic carbocycles. The molecular formula is C8H12N2O. The lowest BCUT2D eigenvalue weighted by Gasteiger charge is -2.17. The Morgan fingerprint density at radius 1 is 1.27 bits per heavy atom. The van der Waals surface area contributed by atoms with Crippen LogP contribution in [0.3, 0.4) is 0 Å². The molecule has 0 amide bonds. The van der Waals surface area contributed by atoms with Crippen LogP contribution in [0.25, 0.3) is 0 Å². The van der Waals surface area contributed by atoms with Crippen LogP contribution in [0.15, 0.2) is 24.3 Å². The van der Waals surface area contributed by atoms with Crippen LogP contribution in [0.4, 0.5) is 5.69 Å². The lowest BCUT2D eigenvalue weighted by molar-refractivity contribution is -0.800. The molecule has 0 spiro atoms. The van der Waals surface area contributed by atoms with E-state index in [1.54, 1.807) is 0 Å². The average molecular weight is 152 g/mol. The van der Waals surface area contributed by atoms with Crippen LogP contribution < -0.4 is 10.6 Å². The van der Waals surface area contributed by atoms with Gasteiger partial charge in [-0.1, -0.05) is 17.7 Å². The van der Waals surface area contributed by atoms with E-state index in [2.05, 4.69) is 5.43 Å². The summed E-state index contributed by atoms with van der Waals surface area (Å²) in [6, 6.07) is 7.70. The van der Waals surface area contributed by atoms with E-state index in [9.17, 15) is 5.21 Å². The summed E-state index contributed by atoms with van der Waals surface area (Å²) in [4.78, 5) is 0. The van der Waals surface area contributed by atoms with Crippen LogP contribution in [0.2, 0.25) is 0 Å². The van der Waals surface area contributed by atoms with Gasteiger partial charge in [0.05, 0.1) is 12.7 Å². The van der Waals surface area contributed by atoms with Gasteiger partial charge in [0.2, 0.25) is 0 Å². The van der Waals surface area contributed by atoms with Crippen LogP contribution in [-0.4, -0.2) is 7.05 Å². The van der Waals surface area contributed by atoms with Crippen molar-refractivity contribution in [3.05, 3.63) is 35.0 Å². The Hall–Kier alpha value is -1.06.